The first-order valence-corrected chi connectivity index (χ1v) is 10.6. The molecule has 3 rings (SSSR count). The predicted molar refractivity (Wildman–Crippen MR) is 102 cm³/mol. The molecule has 8 heteroatoms. The van der Waals surface area contributed by atoms with Gasteiger partial charge < -0.3 is 4.90 Å². The Bertz CT molecular complexity index is 926. The zero-order valence-corrected chi connectivity index (χ0v) is 16.2. The first-order chi connectivity index (χ1) is 12.9. The fourth-order valence-corrected chi connectivity index (χ4v) is 4.24. The van der Waals surface area contributed by atoms with Crippen LogP contribution in [0.3, 0.4) is 0 Å². The maximum Gasteiger partial charge on any atom is 0.253 e. The molecule has 5 nitrogen and oxygen atoms in total. The highest BCUT2D eigenvalue weighted by Gasteiger charge is 2.18. The highest BCUT2D eigenvalue weighted by molar-refractivity contribution is 7.89. The molecule has 0 radical (unpaired) electrons. The lowest BCUT2D eigenvalue weighted by molar-refractivity contribution is 0.0724. The smallest absolute Gasteiger partial charge is 0.253 e. The van der Waals surface area contributed by atoms with Crippen LogP contribution in [0, 0.1) is 5.82 Å². The predicted octanol–water partition coefficient (Wildman–Crippen LogP) is 3.58. The Kier molecular flexibility index (Phi) is 6.14. The summed E-state index contributed by atoms with van der Waals surface area (Å²) in [6.45, 7) is 1.61. The Morgan fingerprint density at radius 3 is 2.37 bits per heavy atom. The second-order valence-electron chi connectivity index (χ2n) is 6.45. The summed E-state index contributed by atoms with van der Waals surface area (Å²) in [5.41, 5.74) is 1.30. The van der Waals surface area contributed by atoms with E-state index in [4.69, 9.17) is 11.6 Å². The molecule has 144 valence electrons. The SMILES string of the molecule is O=C(c1ccc(CNS(=O)(=O)c2ccc(F)c(Cl)c2)cc1)N1CCCCC1. The van der Waals surface area contributed by atoms with Crippen LogP contribution in [0.15, 0.2) is 47.4 Å². The van der Waals surface area contributed by atoms with Crippen molar-refractivity contribution in [2.75, 3.05) is 13.1 Å². The van der Waals surface area contributed by atoms with Gasteiger partial charge in [-0.3, -0.25) is 4.79 Å². The molecule has 1 aliphatic rings. The molecular weight excluding hydrogens is 391 g/mol. The third-order valence-electron chi connectivity index (χ3n) is 4.51. The number of hydrogen-bond donors (Lipinski definition) is 1. The van der Waals surface area contributed by atoms with Crippen LogP contribution in [-0.4, -0.2) is 32.3 Å². The van der Waals surface area contributed by atoms with Crippen molar-refractivity contribution in [3.63, 3.8) is 0 Å². The second-order valence-corrected chi connectivity index (χ2v) is 8.62. The van der Waals surface area contributed by atoms with Gasteiger partial charge >= 0.3 is 0 Å². The monoisotopic (exact) mass is 410 g/mol. The Morgan fingerprint density at radius 1 is 1.07 bits per heavy atom. The van der Waals surface area contributed by atoms with Crippen LogP contribution >= 0.6 is 11.6 Å². The molecule has 1 fully saturated rings. The average molecular weight is 411 g/mol. The summed E-state index contributed by atoms with van der Waals surface area (Å²) in [6.07, 6.45) is 3.21. The Balaban J connectivity index is 1.64. The van der Waals surface area contributed by atoms with Crippen LogP contribution in [0.5, 0.6) is 0 Å². The minimum atomic E-state index is -3.82. The highest BCUT2D eigenvalue weighted by atomic mass is 35.5. The van der Waals surface area contributed by atoms with E-state index in [0.717, 1.165) is 50.6 Å². The van der Waals surface area contributed by atoms with Crippen LogP contribution in [0.1, 0.15) is 35.2 Å². The van der Waals surface area contributed by atoms with Crippen LogP contribution < -0.4 is 4.72 Å². The van der Waals surface area contributed by atoms with Crippen molar-refractivity contribution in [1.29, 1.82) is 0 Å². The second kappa shape index (κ2) is 8.37. The number of likely N-dealkylation sites (tertiary alicyclic amines) is 1. The number of halogens is 2. The first-order valence-electron chi connectivity index (χ1n) is 8.70. The number of amides is 1. The molecule has 1 saturated heterocycles. The van der Waals surface area contributed by atoms with E-state index in [0.29, 0.717) is 11.1 Å². The number of carbonyl (C=O) groups is 1. The standard InChI is InChI=1S/C19H20ClFN2O3S/c20-17-12-16(8-9-18(17)21)27(25,26)22-13-14-4-6-15(7-5-14)19(24)23-10-2-1-3-11-23/h4-9,12,22H,1-3,10-11,13H2. The molecule has 0 spiro atoms. The van der Waals surface area contributed by atoms with Gasteiger partial charge in [-0.15, -0.1) is 0 Å². The lowest BCUT2D eigenvalue weighted by atomic mass is 10.1. The lowest BCUT2D eigenvalue weighted by Gasteiger charge is -2.26. The van der Waals surface area contributed by atoms with Gasteiger partial charge in [0.1, 0.15) is 5.82 Å². The van der Waals surface area contributed by atoms with E-state index in [-0.39, 0.29) is 22.4 Å². The number of nitrogens with zero attached hydrogens (tertiary/aromatic N) is 1. The van der Waals surface area contributed by atoms with Gasteiger partial charge in [-0.25, -0.2) is 17.5 Å². The minimum Gasteiger partial charge on any atom is -0.339 e. The van der Waals surface area contributed by atoms with E-state index in [1.54, 1.807) is 24.3 Å². The van der Waals surface area contributed by atoms with Crippen molar-refractivity contribution < 1.29 is 17.6 Å². The summed E-state index contributed by atoms with van der Waals surface area (Å²) < 4.78 is 40.2. The molecule has 0 atom stereocenters. The molecular formula is C19H20ClFN2O3S. The molecule has 0 aromatic heterocycles. The van der Waals surface area contributed by atoms with Gasteiger partial charge in [-0.2, -0.15) is 0 Å². The minimum absolute atomic E-state index is 0.00258. The van der Waals surface area contributed by atoms with E-state index in [1.807, 2.05) is 4.90 Å². The normalized spacial score (nSPS) is 15.0. The lowest BCUT2D eigenvalue weighted by Crippen LogP contribution is -2.35. The van der Waals surface area contributed by atoms with Gasteiger partial charge in [0.15, 0.2) is 0 Å². The molecule has 0 saturated carbocycles. The summed E-state index contributed by atoms with van der Waals surface area (Å²) >= 11 is 5.65. The molecule has 2 aromatic rings. The molecule has 27 heavy (non-hydrogen) atoms. The van der Waals surface area contributed by atoms with Crippen molar-refractivity contribution in [1.82, 2.24) is 9.62 Å². The van der Waals surface area contributed by atoms with Gasteiger partial charge in [0.2, 0.25) is 10.0 Å². The van der Waals surface area contributed by atoms with Crippen molar-refractivity contribution in [3.8, 4) is 0 Å². The third-order valence-corrected chi connectivity index (χ3v) is 6.20. The van der Waals surface area contributed by atoms with E-state index in [1.165, 1.54) is 0 Å². The molecule has 0 unspecified atom stereocenters. The van der Waals surface area contributed by atoms with Crippen LogP contribution in [0.2, 0.25) is 5.02 Å². The quantitative estimate of drug-likeness (QED) is 0.819. The number of hydrogen-bond acceptors (Lipinski definition) is 3. The third kappa shape index (κ3) is 4.86. The molecule has 1 N–H and O–H groups in total. The zero-order valence-electron chi connectivity index (χ0n) is 14.6. The summed E-state index contributed by atoms with van der Waals surface area (Å²) in [5.74, 6) is -0.674. The van der Waals surface area contributed by atoms with Crippen molar-refractivity contribution >= 4 is 27.5 Å². The maximum absolute atomic E-state index is 13.2. The number of nitrogens with one attached hydrogen (secondary N) is 1. The van der Waals surface area contributed by atoms with Gasteiger partial charge in [0, 0.05) is 25.2 Å². The fourth-order valence-electron chi connectivity index (χ4n) is 2.95. The molecule has 1 amide bonds. The van der Waals surface area contributed by atoms with E-state index in [9.17, 15) is 17.6 Å². The number of benzene rings is 2. The van der Waals surface area contributed by atoms with Crippen molar-refractivity contribution in [2.24, 2.45) is 0 Å². The maximum atomic E-state index is 13.2. The van der Waals surface area contributed by atoms with Gasteiger partial charge in [-0.05, 0) is 55.2 Å². The van der Waals surface area contributed by atoms with Gasteiger partial charge in [0.05, 0.1) is 9.92 Å². The van der Waals surface area contributed by atoms with E-state index >= 15 is 0 Å². The summed E-state index contributed by atoms with van der Waals surface area (Å²) in [7, 11) is -3.82. The highest BCUT2D eigenvalue weighted by Crippen LogP contribution is 2.20. The number of carbonyl (C=O) groups excluding carboxylic acids is 1. The van der Waals surface area contributed by atoms with Gasteiger partial charge in [-0.1, -0.05) is 23.7 Å². The summed E-state index contributed by atoms with van der Waals surface area (Å²) in [5, 5.41) is -0.251. The number of rotatable bonds is 5. The summed E-state index contributed by atoms with van der Waals surface area (Å²) in [4.78, 5) is 14.2. The largest absolute Gasteiger partial charge is 0.339 e. The fraction of sp³-hybridized carbons (Fsp3) is 0.316. The van der Waals surface area contributed by atoms with Gasteiger partial charge in [0.25, 0.3) is 5.91 Å². The topological polar surface area (TPSA) is 66.5 Å². The molecule has 0 aliphatic carbocycles. The van der Waals surface area contributed by atoms with Crippen molar-refractivity contribution in [3.05, 3.63) is 64.4 Å². The summed E-state index contributed by atoms with van der Waals surface area (Å²) in [6, 6.07) is 10.1. The van der Waals surface area contributed by atoms with E-state index in [2.05, 4.69) is 4.72 Å². The first kappa shape index (κ1) is 19.8. The molecule has 2 aromatic carbocycles. The van der Waals surface area contributed by atoms with Crippen LogP contribution in [-0.2, 0) is 16.6 Å². The number of sulfonamides is 1. The molecule has 1 heterocycles. The van der Waals surface area contributed by atoms with Crippen LogP contribution in [0.25, 0.3) is 0 Å². The van der Waals surface area contributed by atoms with Crippen LogP contribution in [0.4, 0.5) is 4.39 Å². The Labute approximate surface area is 163 Å². The van der Waals surface area contributed by atoms with Crippen molar-refractivity contribution in [2.45, 2.75) is 30.7 Å². The molecule has 0 bridgehead atoms. The number of piperidine rings is 1. The Morgan fingerprint density at radius 2 is 1.74 bits per heavy atom. The average Bonchev–Trinajstić information content (AvgIpc) is 2.69. The van der Waals surface area contributed by atoms with E-state index < -0.39 is 15.8 Å². The zero-order chi connectivity index (χ0) is 19.4. The molecule has 1 aliphatic heterocycles. The Hall–Kier alpha value is -1.96.